The zero-order valence-electron chi connectivity index (χ0n) is 24.3. The molecule has 3 aromatic rings. The summed E-state index contributed by atoms with van der Waals surface area (Å²) in [6.45, 7) is 2.90. The molecule has 0 spiro atoms. The molecule has 1 aliphatic heterocycles. The molecule has 0 saturated carbocycles. The first-order chi connectivity index (χ1) is 21.0. The molecule has 1 heterocycles. The molecule has 1 saturated heterocycles. The lowest BCUT2D eigenvalue weighted by Gasteiger charge is -2.25. The monoisotopic (exact) mass is 602 g/mol. The fourth-order valence-corrected chi connectivity index (χ4v) is 4.64. The lowest BCUT2D eigenvalue weighted by atomic mass is 9.92. The number of Topliss-reactive ketones (excluding diaryl/α,β-unsaturated/α-hetero) is 1. The van der Waals surface area contributed by atoms with Crippen molar-refractivity contribution in [2.24, 2.45) is 5.92 Å². The first kappa shape index (κ1) is 32.0. The van der Waals surface area contributed by atoms with E-state index in [0.29, 0.717) is 0 Å². The van der Waals surface area contributed by atoms with Crippen LogP contribution < -0.4 is 16.0 Å². The molecule has 0 radical (unpaired) electrons. The van der Waals surface area contributed by atoms with Gasteiger partial charge in [0.15, 0.2) is 11.4 Å². The highest BCUT2D eigenvalue weighted by atomic mass is 16.6. The van der Waals surface area contributed by atoms with Crippen LogP contribution in [-0.2, 0) is 14.3 Å². The molecule has 4 N–H and O–H groups in total. The van der Waals surface area contributed by atoms with Gasteiger partial charge in [-0.25, -0.2) is 0 Å². The van der Waals surface area contributed by atoms with Gasteiger partial charge in [0.05, 0.1) is 24.2 Å². The van der Waals surface area contributed by atoms with E-state index in [2.05, 4.69) is 16.0 Å². The average Bonchev–Trinajstić information content (AvgIpc) is 3.84. The smallest absolute Gasteiger partial charge is 0.269 e. The van der Waals surface area contributed by atoms with Gasteiger partial charge in [0.2, 0.25) is 5.91 Å². The first-order valence-corrected chi connectivity index (χ1v) is 14.1. The van der Waals surface area contributed by atoms with Crippen LogP contribution in [0, 0.1) is 16.0 Å². The van der Waals surface area contributed by atoms with Crippen molar-refractivity contribution in [1.29, 1.82) is 0 Å². The number of ketones is 1. The van der Waals surface area contributed by atoms with Crippen molar-refractivity contribution in [1.82, 2.24) is 16.0 Å². The van der Waals surface area contributed by atoms with E-state index in [4.69, 9.17) is 4.74 Å². The molecule has 3 amide bonds. The number of amides is 3. The Kier molecular flexibility index (Phi) is 10.2. The normalized spacial score (nSPS) is 16.8. The van der Waals surface area contributed by atoms with E-state index in [1.165, 1.54) is 24.3 Å². The Labute approximate surface area is 254 Å². The summed E-state index contributed by atoms with van der Waals surface area (Å²) in [4.78, 5) is 63.4. The zero-order valence-corrected chi connectivity index (χ0v) is 24.3. The lowest BCUT2D eigenvalue weighted by molar-refractivity contribution is -0.384. The van der Waals surface area contributed by atoms with Gasteiger partial charge in [-0.3, -0.25) is 29.3 Å². The molecule has 0 aromatic heterocycles. The molecule has 44 heavy (non-hydrogen) atoms. The van der Waals surface area contributed by atoms with Crippen LogP contribution in [0.5, 0.6) is 0 Å². The number of nitro benzene ring substituents is 1. The third-order valence-electron chi connectivity index (χ3n) is 7.20. The van der Waals surface area contributed by atoms with E-state index in [1.54, 1.807) is 18.2 Å². The molecule has 0 aliphatic carbocycles. The molecular weight excluding hydrogens is 568 g/mol. The number of carbonyl (C=O) groups excluding carboxylic acids is 4. The molecule has 230 valence electrons. The Hall–Kier alpha value is -4.94. The van der Waals surface area contributed by atoms with Crippen molar-refractivity contribution in [2.75, 3.05) is 19.8 Å². The largest absolute Gasteiger partial charge is 0.393 e. The van der Waals surface area contributed by atoms with Gasteiger partial charge in [0.25, 0.3) is 17.5 Å². The van der Waals surface area contributed by atoms with E-state index in [-0.39, 0.29) is 42.3 Å². The number of nitro groups is 1. The van der Waals surface area contributed by atoms with Crippen LogP contribution in [0.3, 0.4) is 0 Å². The van der Waals surface area contributed by atoms with Crippen LogP contribution >= 0.6 is 0 Å². The molecular formula is C32H34N4O8. The topological polar surface area (TPSA) is 180 Å². The summed E-state index contributed by atoms with van der Waals surface area (Å²) < 4.78 is 5.21. The number of benzene rings is 3. The van der Waals surface area contributed by atoms with Crippen LogP contribution in [0.1, 0.15) is 41.0 Å². The molecule has 1 fully saturated rings. The second kappa shape index (κ2) is 14.0. The minimum atomic E-state index is -1.37. The molecule has 12 nitrogen and oxygen atoms in total. The van der Waals surface area contributed by atoms with E-state index in [0.717, 1.165) is 11.1 Å². The Morgan fingerprint density at radius 3 is 2.14 bits per heavy atom. The number of aliphatic hydroxyl groups is 1. The van der Waals surface area contributed by atoms with Crippen LogP contribution in [0.2, 0.25) is 0 Å². The van der Waals surface area contributed by atoms with Crippen LogP contribution in [0.15, 0.2) is 78.9 Å². The van der Waals surface area contributed by atoms with Crippen molar-refractivity contribution >= 4 is 29.2 Å². The van der Waals surface area contributed by atoms with E-state index in [9.17, 15) is 34.4 Å². The number of ether oxygens (including phenoxy) is 1. The highest BCUT2D eigenvalue weighted by Gasteiger charge is 2.54. The highest BCUT2D eigenvalue weighted by molar-refractivity contribution is 6.01. The predicted molar refractivity (Wildman–Crippen MR) is 161 cm³/mol. The Morgan fingerprint density at radius 1 is 0.886 bits per heavy atom. The van der Waals surface area contributed by atoms with Gasteiger partial charge < -0.3 is 25.8 Å². The molecule has 12 heteroatoms. The summed E-state index contributed by atoms with van der Waals surface area (Å²) in [6, 6.07) is 18.8. The number of aliphatic hydroxyl groups excluding tert-OH is 1. The summed E-state index contributed by atoms with van der Waals surface area (Å²) in [5, 5.41) is 28.6. The van der Waals surface area contributed by atoms with Gasteiger partial charge in [0, 0.05) is 29.8 Å². The third-order valence-corrected chi connectivity index (χ3v) is 7.20. The minimum Gasteiger partial charge on any atom is -0.393 e. The molecule has 0 bridgehead atoms. The summed E-state index contributed by atoms with van der Waals surface area (Å²) in [6.07, 6.45) is 0.255. The first-order valence-electron chi connectivity index (χ1n) is 14.1. The quantitative estimate of drug-likeness (QED) is 0.123. The number of nitrogens with one attached hydrogen (secondary N) is 3. The average molecular weight is 603 g/mol. The van der Waals surface area contributed by atoms with Crippen molar-refractivity contribution < 1.29 is 33.9 Å². The number of hydrogen-bond donors (Lipinski definition) is 4. The number of non-ortho nitro benzene ring substituents is 1. The number of hydrogen-bond acceptors (Lipinski definition) is 8. The Bertz CT molecular complexity index is 1520. The summed E-state index contributed by atoms with van der Waals surface area (Å²) in [7, 11) is 0. The standard InChI is InChI=1S/C32H34N4O8/c1-20(2)15-26(28(38)32(18-37)19-44-32)34-31(41)27(17-33-29(39)22-11-13-25(14-12-22)36(42)43)35-30(40)24-10-6-9-23(16-24)21-7-4-3-5-8-21/h3-14,16,20,26-27,37H,15,17-19H2,1-2H3,(H,33,39)(H,34,41)(H,35,40)/t26?,27-,32?/m0/s1. The Morgan fingerprint density at radius 2 is 1.55 bits per heavy atom. The second-order valence-electron chi connectivity index (χ2n) is 11.0. The number of carbonyl (C=O) groups is 4. The van der Waals surface area contributed by atoms with Crippen molar-refractivity contribution in [3.05, 3.63) is 100 Å². The second-order valence-corrected chi connectivity index (χ2v) is 11.0. The summed E-state index contributed by atoms with van der Waals surface area (Å²) in [5.74, 6) is -2.42. The fraction of sp³-hybridized carbons (Fsp3) is 0.312. The predicted octanol–water partition coefficient (Wildman–Crippen LogP) is 2.65. The molecule has 3 atom stereocenters. The Balaban J connectivity index is 1.54. The SMILES string of the molecule is CC(C)CC(NC(=O)[C@H](CNC(=O)c1ccc([N+](=O)[O-])cc1)NC(=O)c1cccc(-c2ccccc2)c1)C(=O)C1(CO)CO1. The van der Waals surface area contributed by atoms with Gasteiger partial charge in [-0.2, -0.15) is 0 Å². The van der Waals surface area contributed by atoms with E-state index < -0.39 is 52.7 Å². The summed E-state index contributed by atoms with van der Waals surface area (Å²) >= 11 is 0. The number of nitrogens with zero attached hydrogens (tertiary/aromatic N) is 1. The maximum absolute atomic E-state index is 13.6. The highest BCUT2D eigenvalue weighted by Crippen LogP contribution is 2.30. The zero-order chi connectivity index (χ0) is 31.9. The van der Waals surface area contributed by atoms with E-state index in [1.807, 2.05) is 50.2 Å². The van der Waals surface area contributed by atoms with Crippen LogP contribution in [-0.4, -0.2) is 71.0 Å². The molecule has 2 unspecified atom stereocenters. The number of rotatable bonds is 14. The van der Waals surface area contributed by atoms with Gasteiger partial charge in [-0.1, -0.05) is 56.3 Å². The van der Waals surface area contributed by atoms with Crippen molar-refractivity contribution in [2.45, 2.75) is 38.0 Å². The fourth-order valence-electron chi connectivity index (χ4n) is 4.64. The third kappa shape index (κ3) is 7.91. The van der Waals surface area contributed by atoms with Crippen LogP contribution in [0.4, 0.5) is 5.69 Å². The lowest BCUT2D eigenvalue weighted by Crippen LogP contribution is -2.57. The van der Waals surface area contributed by atoms with Gasteiger partial charge in [-0.15, -0.1) is 0 Å². The maximum atomic E-state index is 13.6. The maximum Gasteiger partial charge on any atom is 0.269 e. The molecule has 3 aromatic carbocycles. The van der Waals surface area contributed by atoms with Crippen LogP contribution in [0.25, 0.3) is 11.1 Å². The van der Waals surface area contributed by atoms with Crippen molar-refractivity contribution in [3.63, 3.8) is 0 Å². The molecule has 1 aliphatic rings. The van der Waals surface area contributed by atoms with E-state index >= 15 is 0 Å². The van der Waals surface area contributed by atoms with Crippen molar-refractivity contribution in [3.8, 4) is 11.1 Å². The number of epoxide rings is 1. The van der Waals surface area contributed by atoms with Gasteiger partial charge in [0.1, 0.15) is 6.04 Å². The summed E-state index contributed by atoms with van der Waals surface area (Å²) in [5.41, 5.74) is 0.499. The van der Waals surface area contributed by atoms with Gasteiger partial charge >= 0.3 is 0 Å². The minimum absolute atomic E-state index is 0.00523. The molecule has 4 rings (SSSR count). The van der Waals surface area contributed by atoms with Gasteiger partial charge in [-0.05, 0) is 47.7 Å².